The highest BCUT2D eigenvalue weighted by Gasteiger charge is 2.15. The van der Waals surface area contributed by atoms with E-state index < -0.39 is 0 Å². The lowest BCUT2D eigenvalue weighted by Gasteiger charge is -2.19. The van der Waals surface area contributed by atoms with Crippen LogP contribution in [0, 0.1) is 0 Å². The van der Waals surface area contributed by atoms with Gasteiger partial charge in [-0.25, -0.2) is 0 Å². The third-order valence-electron chi connectivity index (χ3n) is 3.41. The number of β-amino-alcohol motifs (C(OH)–C–C–N with tert-alkyl or cyclic N) is 1. The molecule has 2 N–H and O–H groups in total. The van der Waals surface area contributed by atoms with E-state index in [0.717, 1.165) is 37.6 Å². The van der Waals surface area contributed by atoms with E-state index in [1.807, 2.05) is 12.1 Å². The zero-order valence-electron chi connectivity index (χ0n) is 11.2. The molecule has 1 unspecified atom stereocenters. The first-order valence-corrected chi connectivity index (χ1v) is 6.96. The first-order valence-electron chi connectivity index (χ1n) is 6.96. The van der Waals surface area contributed by atoms with Crippen LogP contribution in [0.15, 0.2) is 16.5 Å². The number of nitrogens with zero attached hydrogens (tertiary/aromatic N) is 1. The van der Waals surface area contributed by atoms with Gasteiger partial charge in [0.25, 0.3) is 0 Å². The van der Waals surface area contributed by atoms with E-state index in [1.165, 1.54) is 12.8 Å². The predicted octanol–water partition coefficient (Wildman–Crippen LogP) is 1.39. The Hall–Kier alpha value is -0.840. The molecule has 102 valence electrons. The minimum absolute atomic E-state index is 0.288. The molecule has 1 saturated heterocycles. The number of hydrogen-bond donors (Lipinski definition) is 2. The summed E-state index contributed by atoms with van der Waals surface area (Å²) < 4.78 is 5.59. The van der Waals surface area contributed by atoms with Crippen molar-refractivity contribution in [2.24, 2.45) is 0 Å². The molecule has 2 rings (SSSR count). The molecule has 0 bridgehead atoms. The van der Waals surface area contributed by atoms with E-state index in [1.54, 1.807) is 0 Å². The van der Waals surface area contributed by atoms with Crippen molar-refractivity contribution in [3.8, 4) is 0 Å². The van der Waals surface area contributed by atoms with Gasteiger partial charge in [-0.3, -0.25) is 0 Å². The lowest BCUT2D eigenvalue weighted by molar-refractivity contribution is 0.122. The number of hydrogen-bond acceptors (Lipinski definition) is 4. The van der Waals surface area contributed by atoms with Gasteiger partial charge in [0.1, 0.15) is 11.5 Å². The molecule has 1 atom stereocenters. The Labute approximate surface area is 109 Å². The molecule has 1 aliphatic rings. The Morgan fingerprint density at radius 1 is 1.33 bits per heavy atom. The van der Waals surface area contributed by atoms with Crippen LogP contribution < -0.4 is 5.32 Å². The molecular formula is C14H24N2O2. The molecule has 1 aromatic rings. The molecule has 0 amide bonds. The van der Waals surface area contributed by atoms with Gasteiger partial charge in [-0.1, -0.05) is 6.92 Å². The Kier molecular flexibility index (Phi) is 5.23. The Bertz CT molecular complexity index is 345. The number of nitrogens with one attached hydrogen (secondary N) is 1. The molecule has 0 spiro atoms. The van der Waals surface area contributed by atoms with E-state index in [4.69, 9.17) is 4.42 Å². The van der Waals surface area contributed by atoms with Crippen molar-refractivity contribution in [3.63, 3.8) is 0 Å². The summed E-state index contributed by atoms with van der Waals surface area (Å²) in [5, 5.41) is 13.1. The maximum absolute atomic E-state index is 9.90. The van der Waals surface area contributed by atoms with Crippen molar-refractivity contribution in [3.05, 3.63) is 23.7 Å². The summed E-state index contributed by atoms with van der Waals surface area (Å²) in [6.07, 6.45) is 3.18. The fourth-order valence-corrected chi connectivity index (χ4v) is 2.40. The van der Waals surface area contributed by atoms with Crippen LogP contribution in [-0.2, 0) is 13.0 Å². The number of aliphatic hydroxyl groups is 1. The van der Waals surface area contributed by atoms with Crippen molar-refractivity contribution in [2.45, 2.75) is 38.8 Å². The monoisotopic (exact) mass is 252 g/mol. The van der Waals surface area contributed by atoms with Crippen molar-refractivity contribution < 1.29 is 9.52 Å². The molecule has 0 aromatic carbocycles. The number of aliphatic hydroxyl groups excluding tert-OH is 1. The van der Waals surface area contributed by atoms with E-state index in [-0.39, 0.29) is 6.10 Å². The number of rotatable bonds is 7. The van der Waals surface area contributed by atoms with Gasteiger partial charge in [0.05, 0.1) is 12.6 Å². The summed E-state index contributed by atoms with van der Waals surface area (Å²) in [6, 6.07) is 4.01. The number of likely N-dealkylation sites (tertiary alicyclic amines) is 1. The maximum Gasteiger partial charge on any atom is 0.117 e. The fraction of sp³-hybridized carbons (Fsp3) is 0.714. The van der Waals surface area contributed by atoms with Crippen LogP contribution in [-0.4, -0.2) is 42.3 Å². The van der Waals surface area contributed by atoms with Crippen LogP contribution in [0.1, 0.15) is 31.3 Å². The largest absolute Gasteiger partial charge is 0.465 e. The van der Waals surface area contributed by atoms with Gasteiger partial charge in [0.2, 0.25) is 0 Å². The summed E-state index contributed by atoms with van der Waals surface area (Å²) in [5.41, 5.74) is 0. The summed E-state index contributed by atoms with van der Waals surface area (Å²) in [4.78, 5) is 2.33. The van der Waals surface area contributed by atoms with Crippen molar-refractivity contribution in [1.29, 1.82) is 0 Å². The smallest absolute Gasteiger partial charge is 0.117 e. The quantitative estimate of drug-likeness (QED) is 0.770. The summed E-state index contributed by atoms with van der Waals surface area (Å²) in [5.74, 6) is 1.96. The van der Waals surface area contributed by atoms with Crippen LogP contribution >= 0.6 is 0 Å². The second kappa shape index (κ2) is 6.92. The van der Waals surface area contributed by atoms with Crippen molar-refractivity contribution >= 4 is 0 Å². The van der Waals surface area contributed by atoms with Crippen LogP contribution in [0.3, 0.4) is 0 Å². The van der Waals surface area contributed by atoms with Crippen molar-refractivity contribution in [1.82, 2.24) is 10.2 Å². The van der Waals surface area contributed by atoms with E-state index in [0.29, 0.717) is 13.1 Å². The van der Waals surface area contributed by atoms with Gasteiger partial charge in [0, 0.05) is 19.5 Å². The second-order valence-electron chi connectivity index (χ2n) is 5.01. The lowest BCUT2D eigenvalue weighted by Crippen LogP contribution is -2.36. The highest BCUT2D eigenvalue weighted by molar-refractivity contribution is 5.06. The fourth-order valence-electron chi connectivity index (χ4n) is 2.40. The van der Waals surface area contributed by atoms with Gasteiger partial charge in [-0.15, -0.1) is 0 Å². The molecule has 4 heteroatoms. The molecule has 1 fully saturated rings. The molecule has 1 aromatic heterocycles. The first kappa shape index (κ1) is 13.6. The van der Waals surface area contributed by atoms with Crippen molar-refractivity contribution in [2.75, 3.05) is 26.2 Å². The number of furan rings is 1. The number of aryl methyl sites for hydroxylation is 1. The van der Waals surface area contributed by atoms with E-state index in [9.17, 15) is 5.11 Å². The molecular weight excluding hydrogens is 228 g/mol. The first-order chi connectivity index (χ1) is 8.78. The molecule has 0 radical (unpaired) electrons. The molecule has 0 aliphatic carbocycles. The van der Waals surface area contributed by atoms with Crippen LogP contribution in [0.5, 0.6) is 0 Å². The average Bonchev–Trinajstić information content (AvgIpc) is 3.00. The molecule has 1 aliphatic heterocycles. The summed E-state index contributed by atoms with van der Waals surface area (Å²) in [7, 11) is 0. The predicted molar refractivity (Wildman–Crippen MR) is 71.5 cm³/mol. The third kappa shape index (κ3) is 4.12. The SMILES string of the molecule is CCc1ccc(CNCC(O)CN2CCCC2)o1. The van der Waals surface area contributed by atoms with Gasteiger partial charge < -0.3 is 19.7 Å². The van der Waals surface area contributed by atoms with Gasteiger partial charge in [-0.05, 0) is 38.1 Å². The molecule has 18 heavy (non-hydrogen) atoms. The minimum Gasteiger partial charge on any atom is -0.465 e. The highest BCUT2D eigenvalue weighted by atomic mass is 16.3. The topological polar surface area (TPSA) is 48.6 Å². The second-order valence-corrected chi connectivity index (χ2v) is 5.01. The Morgan fingerprint density at radius 2 is 2.06 bits per heavy atom. The third-order valence-corrected chi connectivity index (χ3v) is 3.41. The minimum atomic E-state index is -0.288. The average molecular weight is 252 g/mol. The van der Waals surface area contributed by atoms with E-state index >= 15 is 0 Å². The zero-order chi connectivity index (χ0) is 12.8. The lowest BCUT2D eigenvalue weighted by atomic mass is 10.3. The maximum atomic E-state index is 9.90. The Balaban J connectivity index is 1.61. The molecule has 4 nitrogen and oxygen atoms in total. The van der Waals surface area contributed by atoms with Crippen LogP contribution in [0.25, 0.3) is 0 Å². The Morgan fingerprint density at radius 3 is 2.72 bits per heavy atom. The van der Waals surface area contributed by atoms with E-state index in [2.05, 4.69) is 17.1 Å². The molecule has 0 saturated carbocycles. The van der Waals surface area contributed by atoms with Gasteiger partial charge >= 0.3 is 0 Å². The molecule has 2 heterocycles. The normalized spacial score (nSPS) is 18.3. The van der Waals surface area contributed by atoms with Gasteiger partial charge in [0.15, 0.2) is 0 Å². The van der Waals surface area contributed by atoms with Gasteiger partial charge in [-0.2, -0.15) is 0 Å². The summed E-state index contributed by atoms with van der Waals surface area (Å²) >= 11 is 0. The van der Waals surface area contributed by atoms with Crippen LogP contribution in [0.2, 0.25) is 0 Å². The highest BCUT2D eigenvalue weighted by Crippen LogP contribution is 2.09. The van der Waals surface area contributed by atoms with Crippen LogP contribution in [0.4, 0.5) is 0 Å². The zero-order valence-corrected chi connectivity index (χ0v) is 11.2. The standard InChI is InChI=1S/C14H24N2O2/c1-2-13-5-6-14(18-13)10-15-9-12(17)11-16-7-3-4-8-16/h5-6,12,15,17H,2-4,7-11H2,1H3. The summed E-state index contributed by atoms with van der Waals surface area (Å²) in [6.45, 7) is 6.45.